The van der Waals surface area contributed by atoms with Gasteiger partial charge < -0.3 is 10.2 Å². The number of anilines is 1. The molecule has 2 aromatic rings. The van der Waals surface area contributed by atoms with Gasteiger partial charge in [-0.05, 0) is 79.1 Å². The first kappa shape index (κ1) is 27.4. The molecule has 1 atom stereocenters. The minimum Gasteiger partial charge on any atom is -0.352 e. The number of rotatable bonds is 9. The third kappa shape index (κ3) is 7.93. The lowest BCUT2D eigenvalue weighted by molar-refractivity contribution is -0.139. The summed E-state index contributed by atoms with van der Waals surface area (Å²) in [5.74, 6) is -0.640. The van der Waals surface area contributed by atoms with Gasteiger partial charge in [0.2, 0.25) is 21.8 Å². The number of nitrogens with zero attached hydrogens (tertiary/aromatic N) is 2. The SMILES string of the molecule is Cc1ccc(CN(C(=O)CN(c2ccc(I)cc2)S(C)(=O)=O)[C@H](C)C(=O)NC2CCCCC2)cc1. The first-order valence-electron chi connectivity index (χ1n) is 11.9. The van der Waals surface area contributed by atoms with Crippen molar-refractivity contribution in [1.29, 1.82) is 0 Å². The second-order valence-corrected chi connectivity index (χ2v) is 12.4. The topological polar surface area (TPSA) is 86.8 Å². The fourth-order valence-corrected chi connectivity index (χ4v) is 5.47. The Morgan fingerprint density at radius 1 is 1.03 bits per heavy atom. The number of amides is 2. The molecule has 1 aliphatic rings. The normalized spacial score (nSPS) is 15.3. The molecule has 0 aliphatic heterocycles. The summed E-state index contributed by atoms with van der Waals surface area (Å²) in [7, 11) is -3.72. The number of aryl methyl sites for hydroxylation is 1. The van der Waals surface area contributed by atoms with Crippen LogP contribution in [-0.2, 0) is 26.2 Å². The van der Waals surface area contributed by atoms with Gasteiger partial charge in [0, 0.05) is 16.2 Å². The van der Waals surface area contributed by atoms with Crippen molar-refractivity contribution in [3.8, 4) is 0 Å². The lowest BCUT2D eigenvalue weighted by Gasteiger charge is -2.33. The van der Waals surface area contributed by atoms with E-state index >= 15 is 0 Å². The highest BCUT2D eigenvalue weighted by Gasteiger charge is 2.31. The van der Waals surface area contributed by atoms with Crippen LogP contribution in [0.5, 0.6) is 0 Å². The van der Waals surface area contributed by atoms with Crippen LogP contribution in [0, 0.1) is 10.5 Å². The van der Waals surface area contributed by atoms with E-state index in [1.165, 1.54) is 11.3 Å². The van der Waals surface area contributed by atoms with Gasteiger partial charge in [-0.2, -0.15) is 0 Å². The molecule has 0 radical (unpaired) electrons. The predicted molar refractivity (Wildman–Crippen MR) is 148 cm³/mol. The van der Waals surface area contributed by atoms with Crippen molar-refractivity contribution in [2.75, 3.05) is 17.1 Å². The maximum Gasteiger partial charge on any atom is 0.244 e. The van der Waals surface area contributed by atoms with E-state index in [1.54, 1.807) is 31.2 Å². The molecule has 0 heterocycles. The second-order valence-electron chi connectivity index (χ2n) is 9.27. The van der Waals surface area contributed by atoms with Gasteiger partial charge in [0.05, 0.1) is 11.9 Å². The van der Waals surface area contributed by atoms with Crippen molar-refractivity contribution in [3.63, 3.8) is 0 Å². The van der Waals surface area contributed by atoms with E-state index in [-0.39, 0.29) is 25.0 Å². The number of hydrogen-bond acceptors (Lipinski definition) is 4. The van der Waals surface area contributed by atoms with Crippen molar-refractivity contribution in [3.05, 3.63) is 63.2 Å². The monoisotopic (exact) mass is 611 g/mol. The highest BCUT2D eigenvalue weighted by molar-refractivity contribution is 14.1. The third-order valence-electron chi connectivity index (χ3n) is 6.39. The molecule has 1 N–H and O–H groups in total. The number of benzene rings is 2. The zero-order valence-electron chi connectivity index (χ0n) is 20.5. The Morgan fingerprint density at radius 3 is 2.20 bits per heavy atom. The van der Waals surface area contributed by atoms with Crippen LogP contribution in [0.4, 0.5) is 5.69 Å². The van der Waals surface area contributed by atoms with Crippen molar-refractivity contribution in [2.45, 2.75) is 64.6 Å². The molecular weight excluding hydrogens is 577 g/mol. The predicted octanol–water partition coefficient (Wildman–Crippen LogP) is 4.23. The first-order valence-corrected chi connectivity index (χ1v) is 14.9. The Morgan fingerprint density at radius 2 is 1.63 bits per heavy atom. The summed E-state index contributed by atoms with van der Waals surface area (Å²) in [5.41, 5.74) is 2.38. The molecular formula is C26H34IN3O4S. The Balaban J connectivity index is 1.85. The van der Waals surface area contributed by atoms with Crippen molar-refractivity contribution < 1.29 is 18.0 Å². The Bertz CT molecular complexity index is 1110. The Kier molecular flexibility index (Phi) is 9.57. The highest BCUT2D eigenvalue weighted by atomic mass is 127. The van der Waals surface area contributed by atoms with Crippen LogP contribution >= 0.6 is 22.6 Å². The molecule has 3 rings (SSSR count). The van der Waals surface area contributed by atoms with Crippen LogP contribution in [0.25, 0.3) is 0 Å². The molecule has 7 nitrogen and oxygen atoms in total. The molecule has 0 aromatic heterocycles. The molecule has 190 valence electrons. The molecule has 2 aromatic carbocycles. The molecule has 0 unspecified atom stereocenters. The number of carbonyl (C=O) groups excluding carboxylic acids is 2. The van der Waals surface area contributed by atoms with Crippen molar-refractivity contribution in [1.82, 2.24) is 10.2 Å². The average Bonchev–Trinajstić information content (AvgIpc) is 2.82. The zero-order valence-corrected chi connectivity index (χ0v) is 23.5. The van der Waals surface area contributed by atoms with Crippen molar-refractivity contribution >= 4 is 50.1 Å². The first-order chi connectivity index (χ1) is 16.5. The van der Waals surface area contributed by atoms with Gasteiger partial charge >= 0.3 is 0 Å². The summed E-state index contributed by atoms with van der Waals surface area (Å²) in [6, 6.07) is 14.1. The van der Waals surface area contributed by atoms with Crippen LogP contribution in [0.2, 0.25) is 0 Å². The quantitative estimate of drug-likeness (QED) is 0.431. The van der Waals surface area contributed by atoms with E-state index in [9.17, 15) is 18.0 Å². The Hall–Kier alpha value is -2.14. The van der Waals surface area contributed by atoms with Gasteiger partial charge in [-0.3, -0.25) is 13.9 Å². The maximum atomic E-state index is 13.6. The van der Waals surface area contributed by atoms with Gasteiger partial charge in [-0.15, -0.1) is 0 Å². The molecule has 1 fully saturated rings. The molecule has 1 saturated carbocycles. The number of sulfonamides is 1. The van der Waals surface area contributed by atoms with Crippen LogP contribution in [0.1, 0.15) is 50.2 Å². The largest absolute Gasteiger partial charge is 0.352 e. The number of halogens is 1. The molecule has 2 amide bonds. The maximum absolute atomic E-state index is 13.6. The van der Waals surface area contributed by atoms with Crippen molar-refractivity contribution in [2.24, 2.45) is 0 Å². The minimum absolute atomic E-state index is 0.120. The molecule has 9 heteroatoms. The summed E-state index contributed by atoms with van der Waals surface area (Å²) >= 11 is 2.14. The van der Waals surface area contributed by atoms with Crippen LogP contribution in [0.3, 0.4) is 0 Å². The smallest absolute Gasteiger partial charge is 0.244 e. The third-order valence-corrected chi connectivity index (χ3v) is 8.25. The number of hydrogen-bond donors (Lipinski definition) is 1. The van der Waals surface area contributed by atoms with E-state index in [2.05, 4.69) is 27.9 Å². The van der Waals surface area contributed by atoms with Crippen LogP contribution in [-0.4, -0.2) is 50.0 Å². The summed E-state index contributed by atoms with van der Waals surface area (Å²) in [5, 5.41) is 3.10. The Labute approximate surface area is 222 Å². The van der Waals surface area contributed by atoms with E-state index in [0.717, 1.165) is 50.9 Å². The molecule has 1 aliphatic carbocycles. The summed E-state index contributed by atoms with van der Waals surface area (Å²) in [6.07, 6.45) is 6.33. The van der Waals surface area contributed by atoms with Crippen LogP contribution in [0.15, 0.2) is 48.5 Å². The highest BCUT2D eigenvalue weighted by Crippen LogP contribution is 2.21. The average molecular weight is 612 g/mol. The lowest BCUT2D eigenvalue weighted by atomic mass is 9.95. The van der Waals surface area contributed by atoms with E-state index in [1.807, 2.05) is 31.2 Å². The van der Waals surface area contributed by atoms with E-state index in [0.29, 0.717) is 5.69 Å². The fourth-order valence-electron chi connectivity index (χ4n) is 4.26. The molecule has 0 bridgehead atoms. The standard InChI is InChI=1S/C26H34IN3O4S/c1-19-9-11-21(12-10-19)17-29(20(2)26(32)28-23-7-5-4-6-8-23)25(31)18-30(35(3,33)34)24-15-13-22(27)14-16-24/h9-16,20,23H,4-8,17-18H2,1-3H3,(H,28,32)/t20-/m1/s1. The molecule has 0 spiro atoms. The molecule has 0 saturated heterocycles. The lowest BCUT2D eigenvalue weighted by Crippen LogP contribution is -2.52. The van der Waals surface area contributed by atoms with Crippen LogP contribution < -0.4 is 9.62 Å². The summed E-state index contributed by atoms with van der Waals surface area (Å²) < 4.78 is 27.3. The zero-order chi connectivity index (χ0) is 25.6. The van der Waals surface area contributed by atoms with Gasteiger partial charge in [0.25, 0.3) is 0 Å². The second kappa shape index (κ2) is 12.2. The fraction of sp³-hybridized carbons (Fsp3) is 0.462. The summed E-state index contributed by atoms with van der Waals surface area (Å²) in [4.78, 5) is 28.2. The van der Waals surface area contributed by atoms with Gasteiger partial charge in [0.1, 0.15) is 12.6 Å². The summed E-state index contributed by atoms with van der Waals surface area (Å²) in [6.45, 7) is 3.52. The number of nitrogens with one attached hydrogen (secondary N) is 1. The van der Waals surface area contributed by atoms with Gasteiger partial charge in [0.15, 0.2) is 0 Å². The van der Waals surface area contributed by atoms with E-state index < -0.39 is 22.0 Å². The van der Waals surface area contributed by atoms with E-state index in [4.69, 9.17) is 0 Å². The molecule has 35 heavy (non-hydrogen) atoms. The minimum atomic E-state index is -3.72. The van der Waals surface area contributed by atoms with Gasteiger partial charge in [-0.25, -0.2) is 8.42 Å². The van der Waals surface area contributed by atoms with Gasteiger partial charge in [-0.1, -0.05) is 49.1 Å². The number of carbonyl (C=O) groups is 2.